The van der Waals surface area contributed by atoms with Gasteiger partial charge in [-0.15, -0.1) is 0 Å². The summed E-state index contributed by atoms with van der Waals surface area (Å²) in [6.45, 7) is 4.73. The van der Waals surface area contributed by atoms with Crippen LogP contribution in [0.1, 0.15) is 6.42 Å². The van der Waals surface area contributed by atoms with Crippen LogP contribution in [0.25, 0.3) is 11.1 Å². The van der Waals surface area contributed by atoms with Gasteiger partial charge in [0.2, 0.25) is 0 Å². The summed E-state index contributed by atoms with van der Waals surface area (Å²) < 4.78 is 14.9. The van der Waals surface area contributed by atoms with Crippen molar-refractivity contribution < 1.29 is 9.15 Å². The summed E-state index contributed by atoms with van der Waals surface area (Å²) in [5, 5.41) is 4.26. The second kappa shape index (κ2) is 7.25. The van der Waals surface area contributed by atoms with E-state index in [1.807, 2.05) is 41.2 Å². The zero-order valence-electron chi connectivity index (χ0n) is 14.1. The minimum Gasteiger partial charge on any atom is -0.408 e. The topological polar surface area (TPSA) is 65.4 Å². The molecule has 0 saturated carbocycles. The van der Waals surface area contributed by atoms with Crippen LogP contribution in [0.2, 0.25) is 0 Å². The van der Waals surface area contributed by atoms with Gasteiger partial charge in [-0.3, -0.25) is 14.1 Å². The van der Waals surface area contributed by atoms with E-state index in [1.165, 1.54) is 0 Å². The lowest BCUT2D eigenvalue weighted by molar-refractivity contribution is 0.0396. The summed E-state index contributed by atoms with van der Waals surface area (Å²) in [6.07, 6.45) is 4.84. The molecule has 0 N–H and O–H groups in total. The molecule has 1 aromatic carbocycles. The number of aromatic nitrogens is 3. The number of oxazole rings is 1. The van der Waals surface area contributed by atoms with Crippen LogP contribution < -0.4 is 5.76 Å². The molecule has 0 bridgehead atoms. The molecule has 0 spiro atoms. The first-order chi connectivity index (χ1) is 12.3. The highest BCUT2D eigenvalue weighted by atomic mass is 16.5. The van der Waals surface area contributed by atoms with E-state index < -0.39 is 0 Å². The van der Waals surface area contributed by atoms with Gasteiger partial charge >= 0.3 is 5.76 Å². The first kappa shape index (κ1) is 16.1. The molecule has 7 nitrogen and oxygen atoms in total. The quantitative estimate of drug-likeness (QED) is 0.704. The number of hydrogen-bond acceptors (Lipinski definition) is 5. The fraction of sp³-hybridized carbons (Fsp3) is 0.444. The summed E-state index contributed by atoms with van der Waals surface area (Å²) in [4.78, 5) is 14.5. The Balaban J connectivity index is 1.42. The fourth-order valence-electron chi connectivity index (χ4n) is 3.37. The maximum Gasteiger partial charge on any atom is 0.419 e. The van der Waals surface area contributed by atoms with Crippen molar-refractivity contribution in [1.29, 1.82) is 0 Å². The number of rotatable bonds is 5. The smallest absolute Gasteiger partial charge is 0.408 e. The molecule has 3 heterocycles. The predicted molar refractivity (Wildman–Crippen MR) is 93.5 cm³/mol. The van der Waals surface area contributed by atoms with Crippen LogP contribution in [0.5, 0.6) is 0 Å². The molecule has 3 aromatic rings. The van der Waals surface area contributed by atoms with Crippen LogP contribution in [0.15, 0.2) is 51.9 Å². The predicted octanol–water partition coefficient (Wildman–Crippen LogP) is 1.58. The summed E-state index contributed by atoms with van der Waals surface area (Å²) in [5.41, 5.74) is 1.50. The maximum absolute atomic E-state index is 12.1. The van der Waals surface area contributed by atoms with Gasteiger partial charge in [0.05, 0.1) is 18.2 Å². The Morgan fingerprint density at radius 1 is 1.20 bits per heavy atom. The number of nitrogens with zero attached hydrogens (tertiary/aromatic N) is 4. The molecule has 1 fully saturated rings. The molecule has 1 aliphatic rings. The molecule has 1 atom stereocenters. The van der Waals surface area contributed by atoms with Crippen LogP contribution >= 0.6 is 0 Å². The third-order valence-electron chi connectivity index (χ3n) is 4.60. The molecule has 1 aliphatic heterocycles. The third-order valence-corrected chi connectivity index (χ3v) is 4.60. The van der Waals surface area contributed by atoms with Gasteiger partial charge in [-0.1, -0.05) is 12.1 Å². The minimum absolute atomic E-state index is 0.111. The molecular weight excluding hydrogens is 320 g/mol. The average molecular weight is 342 g/mol. The standard InChI is InChI=1S/C18H22N4O3/c23-18-22(16-5-1-2-6-17(16)25-18)11-10-20-8-4-12-24-15(13-20)14-21-9-3-7-19-21/h1-3,5-7,9,15H,4,8,10-14H2. The summed E-state index contributed by atoms with van der Waals surface area (Å²) in [6, 6.07) is 9.47. The number of fused-ring (bicyclic) bond motifs is 1. The average Bonchev–Trinajstić information content (AvgIpc) is 3.16. The van der Waals surface area contributed by atoms with Crippen molar-refractivity contribution in [2.24, 2.45) is 0 Å². The van der Waals surface area contributed by atoms with Gasteiger partial charge in [0.15, 0.2) is 5.58 Å². The number of para-hydroxylation sites is 2. The lowest BCUT2D eigenvalue weighted by Gasteiger charge is -2.23. The molecule has 132 valence electrons. The van der Waals surface area contributed by atoms with Crippen LogP contribution in [0, 0.1) is 0 Å². The van der Waals surface area contributed by atoms with Gasteiger partial charge in [0, 0.05) is 45.2 Å². The Kier molecular flexibility index (Phi) is 4.67. The van der Waals surface area contributed by atoms with Gasteiger partial charge < -0.3 is 9.15 Å². The number of ether oxygens (including phenoxy) is 1. The molecule has 0 aliphatic carbocycles. The van der Waals surface area contributed by atoms with Crippen LogP contribution in [0.3, 0.4) is 0 Å². The molecule has 1 saturated heterocycles. The lowest BCUT2D eigenvalue weighted by atomic mass is 10.3. The third kappa shape index (κ3) is 3.67. The molecule has 0 radical (unpaired) electrons. The van der Waals surface area contributed by atoms with E-state index >= 15 is 0 Å². The van der Waals surface area contributed by atoms with Crippen molar-refractivity contribution in [1.82, 2.24) is 19.2 Å². The van der Waals surface area contributed by atoms with Gasteiger partial charge in [0.1, 0.15) is 0 Å². The fourth-order valence-corrected chi connectivity index (χ4v) is 3.37. The molecule has 1 unspecified atom stereocenters. The maximum atomic E-state index is 12.1. The number of hydrogen-bond donors (Lipinski definition) is 0. The summed E-state index contributed by atoms with van der Waals surface area (Å²) >= 11 is 0. The van der Waals surface area contributed by atoms with E-state index in [4.69, 9.17) is 9.15 Å². The van der Waals surface area contributed by atoms with Crippen LogP contribution in [-0.4, -0.2) is 51.6 Å². The van der Waals surface area contributed by atoms with Gasteiger partial charge in [-0.05, 0) is 24.6 Å². The largest absolute Gasteiger partial charge is 0.419 e. The highest BCUT2D eigenvalue weighted by Crippen LogP contribution is 2.13. The van der Waals surface area contributed by atoms with Gasteiger partial charge in [-0.25, -0.2) is 4.79 Å². The Labute approximate surface area is 145 Å². The Morgan fingerprint density at radius 2 is 2.12 bits per heavy atom. The minimum atomic E-state index is -0.291. The molecule has 0 amide bonds. The molecular formula is C18H22N4O3. The van der Waals surface area contributed by atoms with E-state index in [2.05, 4.69) is 10.00 Å². The van der Waals surface area contributed by atoms with Crippen molar-refractivity contribution in [3.63, 3.8) is 0 Å². The number of benzene rings is 1. The van der Waals surface area contributed by atoms with Crippen molar-refractivity contribution in [2.45, 2.75) is 25.6 Å². The summed E-state index contributed by atoms with van der Waals surface area (Å²) in [5.74, 6) is -0.291. The first-order valence-electron chi connectivity index (χ1n) is 8.69. The van der Waals surface area contributed by atoms with E-state index in [-0.39, 0.29) is 11.9 Å². The normalized spacial score (nSPS) is 19.3. The van der Waals surface area contributed by atoms with E-state index in [9.17, 15) is 4.79 Å². The first-order valence-corrected chi connectivity index (χ1v) is 8.69. The Hall–Kier alpha value is -2.38. The van der Waals surface area contributed by atoms with Crippen molar-refractivity contribution >= 4 is 11.1 Å². The van der Waals surface area contributed by atoms with Crippen molar-refractivity contribution in [3.8, 4) is 0 Å². The van der Waals surface area contributed by atoms with E-state index in [1.54, 1.807) is 10.8 Å². The van der Waals surface area contributed by atoms with Gasteiger partial charge in [0.25, 0.3) is 0 Å². The molecule has 2 aromatic heterocycles. The highest BCUT2D eigenvalue weighted by molar-refractivity contribution is 5.72. The Morgan fingerprint density at radius 3 is 3.00 bits per heavy atom. The zero-order valence-corrected chi connectivity index (χ0v) is 14.1. The highest BCUT2D eigenvalue weighted by Gasteiger charge is 2.20. The Bertz CT molecular complexity index is 868. The molecule has 25 heavy (non-hydrogen) atoms. The molecule has 4 rings (SSSR count). The van der Waals surface area contributed by atoms with Gasteiger partial charge in [-0.2, -0.15) is 5.10 Å². The monoisotopic (exact) mass is 342 g/mol. The summed E-state index contributed by atoms with van der Waals surface area (Å²) in [7, 11) is 0. The van der Waals surface area contributed by atoms with E-state index in [0.717, 1.165) is 44.7 Å². The SMILES string of the molecule is O=c1oc2ccccc2n1CCN1CCCOC(Cn2cccn2)C1. The van der Waals surface area contributed by atoms with Crippen LogP contribution in [0.4, 0.5) is 0 Å². The van der Waals surface area contributed by atoms with Crippen LogP contribution in [-0.2, 0) is 17.8 Å². The molecule has 7 heteroatoms. The van der Waals surface area contributed by atoms with Crippen molar-refractivity contribution in [2.75, 3.05) is 26.2 Å². The van der Waals surface area contributed by atoms with Crippen molar-refractivity contribution in [3.05, 3.63) is 53.3 Å². The second-order valence-electron chi connectivity index (χ2n) is 6.36. The zero-order chi connectivity index (χ0) is 17.1. The second-order valence-corrected chi connectivity index (χ2v) is 6.36. The lowest BCUT2D eigenvalue weighted by Crippen LogP contribution is -2.37. The van der Waals surface area contributed by atoms with E-state index in [0.29, 0.717) is 12.1 Å².